The Morgan fingerprint density at radius 1 is 1.03 bits per heavy atom. The van der Waals surface area contributed by atoms with Crippen LogP contribution in [0.25, 0.3) is 33.6 Å². The van der Waals surface area contributed by atoms with Crippen molar-refractivity contribution in [3.05, 3.63) is 65.9 Å². The number of para-hydroxylation sites is 1. The number of aryl methyl sites for hydroxylation is 1. The van der Waals surface area contributed by atoms with E-state index in [-0.39, 0.29) is 12.5 Å². The lowest BCUT2D eigenvalue weighted by Crippen LogP contribution is -2.36. The molecule has 1 aliphatic rings. The van der Waals surface area contributed by atoms with Gasteiger partial charge < -0.3 is 14.4 Å². The second-order valence-electron chi connectivity index (χ2n) is 8.89. The van der Waals surface area contributed by atoms with Crippen molar-refractivity contribution in [2.75, 3.05) is 39.3 Å². The minimum atomic E-state index is -0.0290. The van der Waals surface area contributed by atoms with Crippen molar-refractivity contribution < 1.29 is 14.3 Å². The number of carbonyl (C=O) groups is 1. The van der Waals surface area contributed by atoms with Crippen LogP contribution in [0.5, 0.6) is 0 Å². The van der Waals surface area contributed by atoms with Crippen LogP contribution in [0, 0.1) is 6.92 Å². The van der Waals surface area contributed by atoms with E-state index in [2.05, 4.69) is 22.1 Å². The highest BCUT2D eigenvalue weighted by molar-refractivity contribution is 5.95. The largest absolute Gasteiger partial charge is 0.456 e. The van der Waals surface area contributed by atoms with Crippen molar-refractivity contribution in [3.63, 3.8) is 0 Å². The van der Waals surface area contributed by atoms with Gasteiger partial charge in [0.2, 0.25) is 0 Å². The number of furan rings is 1. The zero-order valence-electron chi connectivity index (χ0n) is 19.7. The number of carbonyl (C=O) groups excluding carboxylic acids is 1. The van der Waals surface area contributed by atoms with E-state index in [9.17, 15) is 9.90 Å². The Labute approximate surface area is 199 Å². The molecule has 5 rings (SSSR count). The summed E-state index contributed by atoms with van der Waals surface area (Å²) in [6, 6.07) is 18.2. The fraction of sp³-hybridized carbons (Fsp3) is 0.333. The Hall–Kier alpha value is -3.42. The number of β-amino-alcohol motifs (C(OH)–C–C–N with tert-alkyl or cyclic N) is 1. The lowest BCUT2D eigenvalue weighted by molar-refractivity contribution is 0.0753. The Morgan fingerprint density at radius 2 is 1.85 bits per heavy atom. The minimum Gasteiger partial charge on any atom is -0.456 e. The quantitative estimate of drug-likeness (QED) is 0.490. The summed E-state index contributed by atoms with van der Waals surface area (Å²) in [6.07, 6.45) is 0.893. The molecule has 1 saturated heterocycles. The molecule has 1 amide bonds. The van der Waals surface area contributed by atoms with Crippen LogP contribution in [0.3, 0.4) is 0 Å². The molecule has 7 heteroatoms. The van der Waals surface area contributed by atoms with E-state index in [0.29, 0.717) is 25.3 Å². The standard InChI is InChI=1S/C27H30N4O3/c1-19-25(27(33)31-12-6-11-30(13-14-31)15-16-32)28-29(2)26(19)22-9-5-8-20(17-22)24-18-21-7-3-4-10-23(21)34-24/h3-5,7-10,17-18,32H,6,11-16H2,1-2H3. The molecule has 1 fully saturated rings. The van der Waals surface area contributed by atoms with Crippen molar-refractivity contribution in [2.24, 2.45) is 7.05 Å². The highest BCUT2D eigenvalue weighted by atomic mass is 16.3. The highest BCUT2D eigenvalue weighted by Gasteiger charge is 2.26. The number of benzene rings is 2. The summed E-state index contributed by atoms with van der Waals surface area (Å²) in [5.41, 5.74) is 5.15. The van der Waals surface area contributed by atoms with Crippen LogP contribution < -0.4 is 0 Å². The molecule has 34 heavy (non-hydrogen) atoms. The van der Waals surface area contributed by atoms with E-state index in [0.717, 1.165) is 58.6 Å². The molecule has 0 atom stereocenters. The predicted molar refractivity (Wildman–Crippen MR) is 133 cm³/mol. The number of aliphatic hydroxyl groups excluding tert-OH is 1. The van der Waals surface area contributed by atoms with Gasteiger partial charge in [-0.1, -0.05) is 36.4 Å². The van der Waals surface area contributed by atoms with Gasteiger partial charge in [0.15, 0.2) is 5.69 Å². The summed E-state index contributed by atoms with van der Waals surface area (Å²) in [7, 11) is 1.89. The molecular formula is C27H30N4O3. The molecule has 1 N–H and O–H groups in total. The highest BCUT2D eigenvalue weighted by Crippen LogP contribution is 2.32. The van der Waals surface area contributed by atoms with Crippen LogP contribution in [0.2, 0.25) is 0 Å². The number of hydrogen-bond acceptors (Lipinski definition) is 5. The third kappa shape index (κ3) is 4.24. The maximum atomic E-state index is 13.4. The maximum Gasteiger partial charge on any atom is 0.274 e. The molecule has 4 aromatic rings. The molecule has 176 valence electrons. The summed E-state index contributed by atoms with van der Waals surface area (Å²) in [5, 5.41) is 14.9. The third-order valence-electron chi connectivity index (χ3n) is 6.62. The molecule has 0 aliphatic carbocycles. The van der Waals surface area contributed by atoms with E-state index < -0.39 is 0 Å². The summed E-state index contributed by atoms with van der Waals surface area (Å²) in [5.74, 6) is 0.787. The SMILES string of the molecule is Cc1c(C(=O)N2CCCN(CCO)CC2)nn(C)c1-c1cccc(-c2cc3ccccc3o2)c1. The Balaban J connectivity index is 1.43. The number of amides is 1. The van der Waals surface area contributed by atoms with Crippen molar-refractivity contribution in [3.8, 4) is 22.6 Å². The number of aliphatic hydroxyl groups is 1. The first kappa shape index (κ1) is 22.4. The minimum absolute atomic E-state index is 0.0290. The van der Waals surface area contributed by atoms with Crippen LogP contribution in [0.1, 0.15) is 22.5 Å². The van der Waals surface area contributed by atoms with Gasteiger partial charge in [0.25, 0.3) is 5.91 Å². The van der Waals surface area contributed by atoms with Gasteiger partial charge >= 0.3 is 0 Å². The first-order valence-corrected chi connectivity index (χ1v) is 11.8. The first-order chi connectivity index (χ1) is 16.5. The molecule has 7 nitrogen and oxygen atoms in total. The number of nitrogens with zero attached hydrogens (tertiary/aromatic N) is 4. The summed E-state index contributed by atoms with van der Waals surface area (Å²) < 4.78 is 7.86. The summed E-state index contributed by atoms with van der Waals surface area (Å²) in [6.45, 7) is 5.77. The first-order valence-electron chi connectivity index (χ1n) is 11.8. The zero-order valence-corrected chi connectivity index (χ0v) is 19.7. The van der Waals surface area contributed by atoms with Crippen molar-refractivity contribution in [2.45, 2.75) is 13.3 Å². The smallest absolute Gasteiger partial charge is 0.274 e. The zero-order chi connectivity index (χ0) is 23.7. The summed E-state index contributed by atoms with van der Waals surface area (Å²) in [4.78, 5) is 17.5. The number of rotatable bonds is 5. The molecule has 0 saturated carbocycles. The lowest BCUT2D eigenvalue weighted by atomic mass is 10.0. The van der Waals surface area contributed by atoms with Crippen LogP contribution in [-0.2, 0) is 7.05 Å². The normalized spacial score (nSPS) is 15.1. The Morgan fingerprint density at radius 3 is 2.68 bits per heavy atom. The second kappa shape index (κ2) is 9.44. The van der Waals surface area contributed by atoms with Crippen molar-refractivity contribution in [1.82, 2.24) is 19.6 Å². The average Bonchev–Trinajstić information content (AvgIpc) is 3.31. The predicted octanol–water partition coefficient (Wildman–Crippen LogP) is 3.95. The number of fused-ring (bicyclic) bond motifs is 1. The Kier molecular flexibility index (Phi) is 6.22. The molecule has 3 heterocycles. The van der Waals surface area contributed by atoms with Gasteiger partial charge in [0.1, 0.15) is 11.3 Å². The topological polar surface area (TPSA) is 74.7 Å². The Bertz CT molecular complexity index is 1290. The number of hydrogen-bond donors (Lipinski definition) is 1. The number of aromatic nitrogens is 2. The third-order valence-corrected chi connectivity index (χ3v) is 6.62. The van der Waals surface area contributed by atoms with E-state index in [1.807, 2.05) is 61.3 Å². The van der Waals surface area contributed by atoms with E-state index in [1.165, 1.54) is 0 Å². The fourth-order valence-electron chi connectivity index (χ4n) is 4.87. The van der Waals surface area contributed by atoms with Crippen molar-refractivity contribution in [1.29, 1.82) is 0 Å². The van der Waals surface area contributed by atoms with Crippen LogP contribution in [0.15, 0.2) is 59.0 Å². The molecule has 0 bridgehead atoms. The molecular weight excluding hydrogens is 428 g/mol. The molecule has 2 aromatic heterocycles. The van der Waals surface area contributed by atoms with E-state index in [4.69, 9.17) is 4.42 Å². The molecule has 0 spiro atoms. The van der Waals surface area contributed by atoms with Crippen LogP contribution in [0.4, 0.5) is 0 Å². The van der Waals surface area contributed by atoms with Gasteiger partial charge in [-0.3, -0.25) is 14.4 Å². The van der Waals surface area contributed by atoms with E-state index in [1.54, 1.807) is 4.68 Å². The molecule has 0 radical (unpaired) electrons. The fourth-order valence-corrected chi connectivity index (χ4v) is 4.87. The van der Waals surface area contributed by atoms with Gasteiger partial charge in [-0.25, -0.2) is 0 Å². The monoisotopic (exact) mass is 458 g/mol. The van der Waals surface area contributed by atoms with Gasteiger partial charge in [0.05, 0.1) is 12.3 Å². The van der Waals surface area contributed by atoms with Gasteiger partial charge in [-0.2, -0.15) is 5.10 Å². The summed E-state index contributed by atoms with van der Waals surface area (Å²) >= 11 is 0. The maximum absolute atomic E-state index is 13.4. The van der Waals surface area contributed by atoms with Gasteiger partial charge in [0, 0.05) is 55.3 Å². The lowest BCUT2D eigenvalue weighted by Gasteiger charge is -2.21. The second-order valence-corrected chi connectivity index (χ2v) is 8.89. The van der Waals surface area contributed by atoms with Gasteiger partial charge in [-0.05, 0) is 38.1 Å². The molecule has 0 unspecified atom stereocenters. The van der Waals surface area contributed by atoms with Crippen molar-refractivity contribution >= 4 is 16.9 Å². The van der Waals surface area contributed by atoms with E-state index >= 15 is 0 Å². The van der Waals surface area contributed by atoms with Crippen LogP contribution >= 0.6 is 0 Å². The molecule has 2 aromatic carbocycles. The molecule has 1 aliphatic heterocycles. The van der Waals surface area contributed by atoms with Gasteiger partial charge in [-0.15, -0.1) is 0 Å². The van der Waals surface area contributed by atoms with Crippen LogP contribution in [-0.4, -0.2) is 69.9 Å². The average molecular weight is 459 g/mol.